The summed E-state index contributed by atoms with van der Waals surface area (Å²) >= 11 is 0. The van der Waals surface area contributed by atoms with Crippen LogP contribution < -0.4 is 0 Å². The second-order valence-corrected chi connectivity index (χ2v) is 4.02. The Morgan fingerprint density at radius 1 is 1.50 bits per heavy atom. The lowest BCUT2D eigenvalue weighted by Crippen LogP contribution is -2.40. The van der Waals surface area contributed by atoms with Crippen LogP contribution in [0, 0.1) is 5.41 Å². The summed E-state index contributed by atoms with van der Waals surface area (Å²) in [5, 5.41) is 8.78. The molecule has 0 aromatic carbocycles. The molecule has 0 aromatic heterocycles. The van der Waals surface area contributed by atoms with Gasteiger partial charge in [-0.3, -0.25) is 0 Å². The maximum absolute atomic E-state index is 10.7. The number of carbonyl (C=O) groups is 1. The molecule has 3 nitrogen and oxygen atoms in total. The van der Waals surface area contributed by atoms with Gasteiger partial charge < -0.3 is 10.0 Å². The molecule has 1 fully saturated rings. The Hall–Kier alpha value is -1.25. The lowest BCUT2D eigenvalue weighted by molar-refractivity contribution is 0.113. The van der Waals surface area contributed by atoms with E-state index >= 15 is 0 Å². The van der Waals surface area contributed by atoms with Crippen molar-refractivity contribution >= 4 is 6.09 Å². The molecule has 0 saturated carbocycles. The van der Waals surface area contributed by atoms with E-state index in [0.717, 1.165) is 12.8 Å². The molecule has 0 atom stereocenters. The molecule has 1 rings (SSSR count). The minimum atomic E-state index is -0.806. The smallest absolute Gasteiger partial charge is 0.407 e. The third-order valence-electron chi connectivity index (χ3n) is 2.81. The molecule has 0 aromatic rings. The maximum Gasteiger partial charge on any atom is 0.407 e. The number of nitrogens with zero attached hydrogens (tertiary/aromatic N) is 1. The van der Waals surface area contributed by atoms with E-state index in [1.807, 2.05) is 6.08 Å². The molecule has 0 spiro atoms. The van der Waals surface area contributed by atoms with Gasteiger partial charge in [-0.25, -0.2) is 4.79 Å². The van der Waals surface area contributed by atoms with Crippen molar-refractivity contribution < 1.29 is 9.90 Å². The van der Waals surface area contributed by atoms with Gasteiger partial charge in [0.2, 0.25) is 0 Å². The van der Waals surface area contributed by atoms with Crippen molar-refractivity contribution in [3.8, 4) is 0 Å². The fraction of sp³-hybridized carbons (Fsp3) is 0.545. The van der Waals surface area contributed by atoms with E-state index in [-0.39, 0.29) is 5.41 Å². The maximum atomic E-state index is 10.7. The number of rotatable bonds is 2. The van der Waals surface area contributed by atoms with Crippen LogP contribution in [0.5, 0.6) is 0 Å². The fourth-order valence-electron chi connectivity index (χ4n) is 1.68. The Morgan fingerprint density at radius 3 is 2.50 bits per heavy atom. The topological polar surface area (TPSA) is 40.5 Å². The first-order valence-electron chi connectivity index (χ1n) is 4.85. The Balaban J connectivity index is 2.52. The van der Waals surface area contributed by atoms with E-state index < -0.39 is 6.09 Å². The molecular weight excluding hydrogens is 178 g/mol. The van der Waals surface area contributed by atoms with E-state index in [1.54, 1.807) is 6.08 Å². The van der Waals surface area contributed by atoms with Gasteiger partial charge in [0.15, 0.2) is 0 Å². The third kappa shape index (κ3) is 2.62. The zero-order chi connectivity index (χ0) is 10.6. The molecular formula is C11H17NO2. The van der Waals surface area contributed by atoms with Crippen LogP contribution in [0.1, 0.15) is 19.8 Å². The number of amides is 1. The van der Waals surface area contributed by atoms with Gasteiger partial charge in [-0.1, -0.05) is 31.7 Å². The first kappa shape index (κ1) is 10.8. The highest BCUT2D eigenvalue weighted by Gasteiger charge is 2.29. The molecule has 0 unspecified atom stereocenters. The number of likely N-dealkylation sites (tertiary alicyclic amines) is 1. The van der Waals surface area contributed by atoms with Crippen molar-refractivity contribution in [2.75, 3.05) is 13.1 Å². The Morgan fingerprint density at radius 2 is 2.07 bits per heavy atom. The van der Waals surface area contributed by atoms with Crippen LogP contribution in [0.15, 0.2) is 24.8 Å². The van der Waals surface area contributed by atoms with Gasteiger partial charge in [0, 0.05) is 13.1 Å². The predicted molar refractivity (Wildman–Crippen MR) is 56.3 cm³/mol. The minimum Gasteiger partial charge on any atom is -0.465 e. The average Bonchev–Trinajstić information content (AvgIpc) is 2.16. The third-order valence-corrected chi connectivity index (χ3v) is 2.81. The summed E-state index contributed by atoms with van der Waals surface area (Å²) in [4.78, 5) is 12.1. The van der Waals surface area contributed by atoms with Crippen LogP contribution in [0.4, 0.5) is 4.79 Å². The highest BCUT2D eigenvalue weighted by atomic mass is 16.4. The first-order chi connectivity index (χ1) is 6.57. The van der Waals surface area contributed by atoms with Gasteiger partial charge in [0.05, 0.1) is 0 Å². The molecule has 1 saturated heterocycles. The molecule has 1 heterocycles. The summed E-state index contributed by atoms with van der Waals surface area (Å²) in [6.45, 7) is 7.05. The first-order valence-corrected chi connectivity index (χ1v) is 4.85. The summed E-state index contributed by atoms with van der Waals surface area (Å²) in [5.74, 6) is 0. The highest BCUT2D eigenvalue weighted by Crippen LogP contribution is 2.32. The monoisotopic (exact) mass is 195 g/mol. The summed E-state index contributed by atoms with van der Waals surface area (Å²) in [6, 6.07) is 0. The second-order valence-electron chi connectivity index (χ2n) is 4.02. The van der Waals surface area contributed by atoms with Crippen LogP contribution in [-0.4, -0.2) is 29.2 Å². The Labute approximate surface area is 84.7 Å². The molecule has 1 aliphatic rings. The summed E-state index contributed by atoms with van der Waals surface area (Å²) in [6.07, 6.45) is 6.80. The normalized spacial score (nSPS) is 21.1. The van der Waals surface area contributed by atoms with Gasteiger partial charge in [-0.15, -0.1) is 0 Å². The standard InChI is InChI=1S/C11H17NO2/c1-3-4-5-11(2)6-8-12(9-7-11)10(13)14/h3-5H,1,6-9H2,2H3,(H,13,14). The molecule has 1 N–H and O–H groups in total. The fourth-order valence-corrected chi connectivity index (χ4v) is 1.68. The van der Waals surface area contributed by atoms with Crippen molar-refractivity contribution in [3.63, 3.8) is 0 Å². The van der Waals surface area contributed by atoms with Crippen LogP contribution in [0.2, 0.25) is 0 Å². The predicted octanol–water partition coefficient (Wildman–Crippen LogP) is 2.51. The molecule has 1 amide bonds. The van der Waals surface area contributed by atoms with Crippen molar-refractivity contribution in [1.29, 1.82) is 0 Å². The summed E-state index contributed by atoms with van der Waals surface area (Å²) in [7, 11) is 0. The van der Waals surface area contributed by atoms with Crippen molar-refractivity contribution in [3.05, 3.63) is 24.8 Å². The molecule has 0 aliphatic carbocycles. The summed E-state index contributed by atoms with van der Waals surface area (Å²) in [5.41, 5.74) is 0.139. The Kier molecular flexibility index (Phi) is 3.33. The van der Waals surface area contributed by atoms with E-state index in [2.05, 4.69) is 19.6 Å². The van der Waals surface area contributed by atoms with Gasteiger partial charge in [0.25, 0.3) is 0 Å². The molecule has 0 radical (unpaired) electrons. The van der Waals surface area contributed by atoms with Crippen molar-refractivity contribution in [1.82, 2.24) is 4.90 Å². The zero-order valence-corrected chi connectivity index (χ0v) is 8.57. The van der Waals surface area contributed by atoms with Crippen LogP contribution in [0.25, 0.3) is 0 Å². The van der Waals surface area contributed by atoms with Crippen LogP contribution >= 0.6 is 0 Å². The largest absolute Gasteiger partial charge is 0.465 e. The highest BCUT2D eigenvalue weighted by molar-refractivity contribution is 5.65. The number of hydrogen-bond donors (Lipinski definition) is 1. The molecule has 0 bridgehead atoms. The molecule has 1 aliphatic heterocycles. The van der Waals surface area contributed by atoms with Gasteiger partial charge in [-0.2, -0.15) is 0 Å². The quantitative estimate of drug-likeness (QED) is 0.688. The van der Waals surface area contributed by atoms with E-state index in [1.165, 1.54) is 4.90 Å². The Bertz CT molecular complexity index is 250. The van der Waals surface area contributed by atoms with Crippen molar-refractivity contribution in [2.24, 2.45) is 5.41 Å². The lowest BCUT2D eigenvalue weighted by atomic mass is 9.80. The van der Waals surface area contributed by atoms with Gasteiger partial charge >= 0.3 is 6.09 Å². The molecule has 3 heteroatoms. The van der Waals surface area contributed by atoms with Crippen molar-refractivity contribution in [2.45, 2.75) is 19.8 Å². The molecule has 14 heavy (non-hydrogen) atoms. The zero-order valence-electron chi connectivity index (χ0n) is 8.57. The second kappa shape index (κ2) is 4.31. The van der Waals surface area contributed by atoms with E-state index in [0.29, 0.717) is 13.1 Å². The molecule has 78 valence electrons. The van der Waals surface area contributed by atoms with E-state index in [4.69, 9.17) is 5.11 Å². The van der Waals surface area contributed by atoms with Gasteiger partial charge in [-0.05, 0) is 18.3 Å². The minimum absolute atomic E-state index is 0.139. The van der Waals surface area contributed by atoms with Gasteiger partial charge in [0.1, 0.15) is 0 Å². The summed E-state index contributed by atoms with van der Waals surface area (Å²) < 4.78 is 0. The van der Waals surface area contributed by atoms with E-state index in [9.17, 15) is 4.79 Å². The lowest BCUT2D eigenvalue weighted by Gasteiger charge is -2.36. The average molecular weight is 195 g/mol. The SMILES string of the molecule is C=CC=CC1(C)CCN(C(=O)O)CC1. The number of piperidine rings is 1. The number of allylic oxidation sites excluding steroid dienone is 3. The van der Waals surface area contributed by atoms with Crippen LogP contribution in [-0.2, 0) is 0 Å². The van der Waals surface area contributed by atoms with Crippen LogP contribution in [0.3, 0.4) is 0 Å². The number of carboxylic acid groups (broad SMARTS) is 1. The number of hydrogen-bond acceptors (Lipinski definition) is 1.